The summed E-state index contributed by atoms with van der Waals surface area (Å²) in [6, 6.07) is 6.97. The highest BCUT2D eigenvalue weighted by Gasteiger charge is 2.14. The molecule has 0 bridgehead atoms. The van der Waals surface area contributed by atoms with Crippen molar-refractivity contribution in [2.45, 2.75) is 25.9 Å². The molecule has 0 saturated heterocycles. The summed E-state index contributed by atoms with van der Waals surface area (Å²) in [5.41, 5.74) is 1.51. The molecule has 3 heteroatoms. The molecule has 0 aromatic heterocycles. The highest BCUT2D eigenvalue weighted by atomic mass is 16.3. The molecule has 0 radical (unpaired) electrons. The molecule has 2 N–H and O–H groups in total. The molecular formula is C12H16O3. The van der Waals surface area contributed by atoms with Crippen LogP contribution in [0, 0.1) is 0 Å². The van der Waals surface area contributed by atoms with E-state index in [0.29, 0.717) is 18.4 Å². The monoisotopic (exact) mass is 208 g/mol. The molecule has 1 aromatic carbocycles. The second-order valence-corrected chi connectivity index (χ2v) is 3.46. The smallest absolute Gasteiger partial charge is 0.191 e. The van der Waals surface area contributed by atoms with Gasteiger partial charge in [-0.1, -0.05) is 31.2 Å². The Kier molecular flexibility index (Phi) is 4.46. The van der Waals surface area contributed by atoms with Gasteiger partial charge in [0, 0.05) is 12.2 Å². The van der Waals surface area contributed by atoms with Gasteiger partial charge < -0.3 is 10.2 Å². The molecule has 1 atom stereocenters. The van der Waals surface area contributed by atoms with E-state index in [0.717, 1.165) is 5.56 Å². The maximum Gasteiger partial charge on any atom is 0.191 e. The predicted octanol–water partition coefficient (Wildman–Crippen LogP) is 1.17. The number of Topliss-reactive ketones (excluding diaryl/α,β-unsaturated/α-hetero) is 1. The van der Waals surface area contributed by atoms with Crippen molar-refractivity contribution in [3.8, 4) is 0 Å². The van der Waals surface area contributed by atoms with Crippen LogP contribution >= 0.6 is 0 Å². The SMILES string of the molecule is CCC(O)C(=O)c1ccc(CCO)cc1. The first-order valence-electron chi connectivity index (χ1n) is 5.11. The standard InChI is InChI=1S/C12H16O3/c1-2-11(14)12(15)10-5-3-9(4-6-10)7-8-13/h3-6,11,13-14H,2,7-8H2,1H3. The van der Waals surface area contributed by atoms with Crippen LogP contribution in [0.2, 0.25) is 0 Å². The van der Waals surface area contributed by atoms with Gasteiger partial charge in [-0.3, -0.25) is 4.79 Å². The zero-order valence-electron chi connectivity index (χ0n) is 8.81. The van der Waals surface area contributed by atoms with Gasteiger partial charge in [0.1, 0.15) is 6.10 Å². The van der Waals surface area contributed by atoms with Crippen LogP contribution in [0.5, 0.6) is 0 Å². The van der Waals surface area contributed by atoms with Crippen LogP contribution in [-0.4, -0.2) is 28.7 Å². The average molecular weight is 208 g/mol. The van der Waals surface area contributed by atoms with Crippen molar-refractivity contribution < 1.29 is 15.0 Å². The molecule has 0 heterocycles. The summed E-state index contributed by atoms with van der Waals surface area (Å²) in [6.07, 6.45) is 0.107. The zero-order chi connectivity index (χ0) is 11.3. The average Bonchev–Trinajstić information content (AvgIpc) is 2.28. The number of aliphatic hydroxyl groups excluding tert-OH is 2. The van der Waals surface area contributed by atoms with Gasteiger partial charge in [-0.05, 0) is 18.4 Å². The van der Waals surface area contributed by atoms with E-state index < -0.39 is 6.10 Å². The number of benzene rings is 1. The van der Waals surface area contributed by atoms with Crippen molar-refractivity contribution in [2.24, 2.45) is 0 Å². The lowest BCUT2D eigenvalue weighted by atomic mass is 10.0. The third-order valence-electron chi connectivity index (χ3n) is 2.33. The Bertz CT molecular complexity index is 316. The zero-order valence-corrected chi connectivity index (χ0v) is 8.81. The van der Waals surface area contributed by atoms with E-state index in [-0.39, 0.29) is 12.4 Å². The molecule has 0 aliphatic carbocycles. The quantitative estimate of drug-likeness (QED) is 0.714. The maximum absolute atomic E-state index is 11.5. The van der Waals surface area contributed by atoms with Gasteiger partial charge in [0.2, 0.25) is 0 Å². The van der Waals surface area contributed by atoms with Gasteiger partial charge in [-0.2, -0.15) is 0 Å². The van der Waals surface area contributed by atoms with E-state index in [4.69, 9.17) is 5.11 Å². The molecule has 82 valence electrons. The first kappa shape index (κ1) is 11.9. The van der Waals surface area contributed by atoms with E-state index in [9.17, 15) is 9.90 Å². The van der Waals surface area contributed by atoms with Gasteiger partial charge in [0.25, 0.3) is 0 Å². The molecule has 1 rings (SSSR count). The van der Waals surface area contributed by atoms with Gasteiger partial charge in [-0.15, -0.1) is 0 Å². The minimum Gasteiger partial charge on any atom is -0.396 e. The Morgan fingerprint density at radius 3 is 2.40 bits per heavy atom. The van der Waals surface area contributed by atoms with Crippen LogP contribution in [-0.2, 0) is 6.42 Å². The third kappa shape index (κ3) is 3.15. The van der Waals surface area contributed by atoms with Crippen LogP contribution < -0.4 is 0 Å². The van der Waals surface area contributed by atoms with E-state index in [2.05, 4.69) is 0 Å². The second kappa shape index (κ2) is 5.63. The van der Waals surface area contributed by atoms with Crippen LogP contribution in [0.4, 0.5) is 0 Å². The van der Waals surface area contributed by atoms with Crippen molar-refractivity contribution in [1.29, 1.82) is 0 Å². The number of carbonyl (C=O) groups excluding carboxylic acids is 1. The van der Waals surface area contributed by atoms with Crippen molar-refractivity contribution in [3.63, 3.8) is 0 Å². The minimum absolute atomic E-state index is 0.102. The maximum atomic E-state index is 11.5. The Morgan fingerprint density at radius 1 is 1.33 bits per heavy atom. The minimum atomic E-state index is -0.909. The van der Waals surface area contributed by atoms with Crippen LogP contribution in [0.3, 0.4) is 0 Å². The Hall–Kier alpha value is -1.19. The molecule has 0 aliphatic heterocycles. The van der Waals surface area contributed by atoms with Crippen LogP contribution in [0.25, 0.3) is 0 Å². The van der Waals surface area contributed by atoms with Gasteiger partial charge in [0.15, 0.2) is 5.78 Å². The fraction of sp³-hybridized carbons (Fsp3) is 0.417. The molecule has 15 heavy (non-hydrogen) atoms. The fourth-order valence-electron chi connectivity index (χ4n) is 1.34. The summed E-state index contributed by atoms with van der Waals surface area (Å²) in [7, 11) is 0. The molecule has 1 unspecified atom stereocenters. The molecule has 0 spiro atoms. The number of carbonyl (C=O) groups is 1. The highest BCUT2D eigenvalue weighted by Crippen LogP contribution is 2.09. The Morgan fingerprint density at radius 2 is 1.93 bits per heavy atom. The first-order valence-corrected chi connectivity index (χ1v) is 5.11. The fourth-order valence-corrected chi connectivity index (χ4v) is 1.34. The topological polar surface area (TPSA) is 57.5 Å². The highest BCUT2D eigenvalue weighted by molar-refractivity contribution is 5.99. The second-order valence-electron chi connectivity index (χ2n) is 3.46. The first-order chi connectivity index (χ1) is 7.19. The van der Waals surface area contributed by atoms with Crippen LogP contribution in [0.1, 0.15) is 29.3 Å². The summed E-state index contributed by atoms with van der Waals surface area (Å²) in [6.45, 7) is 1.87. The van der Waals surface area contributed by atoms with E-state index in [1.54, 1.807) is 31.2 Å². The van der Waals surface area contributed by atoms with Gasteiger partial charge >= 0.3 is 0 Å². The number of aliphatic hydroxyl groups is 2. The summed E-state index contributed by atoms with van der Waals surface area (Å²) >= 11 is 0. The molecular weight excluding hydrogens is 192 g/mol. The molecule has 0 aliphatic rings. The molecule has 0 saturated carbocycles. The molecule has 3 nitrogen and oxygen atoms in total. The third-order valence-corrected chi connectivity index (χ3v) is 2.33. The molecule has 1 aromatic rings. The molecule has 0 fully saturated rings. The number of ketones is 1. The Balaban J connectivity index is 2.75. The van der Waals surface area contributed by atoms with Gasteiger partial charge in [-0.25, -0.2) is 0 Å². The summed E-state index contributed by atoms with van der Waals surface area (Å²) < 4.78 is 0. The van der Waals surface area contributed by atoms with E-state index >= 15 is 0 Å². The van der Waals surface area contributed by atoms with Crippen molar-refractivity contribution in [2.75, 3.05) is 6.61 Å². The predicted molar refractivity (Wildman–Crippen MR) is 57.9 cm³/mol. The molecule has 0 amide bonds. The Labute approximate surface area is 89.4 Å². The number of hydrogen-bond donors (Lipinski definition) is 2. The van der Waals surface area contributed by atoms with Gasteiger partial charge in [0.05, 0.1) is 0 Å². The van der Waals surface area contributed by atoms with Crippen LogP contribution in [0.15, 0.2) is 24.3 Å². The summed E-state index contributed by atoms with van der Waals surface area (Å²) in [5, 5.41) is 18.1. The summed E-state index contributed by atoms with van der Waals surface area (Å²) in [5.74, 6) is -0.243. The van der Waals surface area contributed by atoms with Crippen molar-refractivity contribution in [3.05, 3.63) is 35.4 Å². The van der Waals surface area contributed by atoms with E-state index in [1.165, 1.54) is 0 Å². The summed E-state index contributed by atoms with van der Waals surface area (Å²) in [4.78, 5) is 11.5. The van der Waals surface area contributed by atoms with Crippen molar-refractivity contribution in [1.82, 2.24) is 0 Å². The number of hydrogen-bond acceptors (Lipinski definition) is 3. The normalized spacial score (nSPS) is 12.5. The lowest BCUT2D eigenvalue weighted by Crippen LogP contribution is -2.19. The lowest BCUT2D eigenvalue weighted by Gasteiger charge is -2.07. The lowest BCUT2D eigenvalue weighted by molar-refractivity contribution is 0.0740. The van der Waals surface area contributed by atoms with E-state index in [1.807, 2.05) is 0 Å². The number of rotatable bonds is 5. The van der Waals surface area contributed by atoms with Crippen molar-refractivity contribution >= 4 is 5.78 Å². The largest absolute Gasteiger partial charge is 0.396 e.